The van der Waals surface area contributed by atoms with E-state index in [2.05, 4.69) is 47.8 Å². The molecule has 0 aliphatic carbocycles. The minimum atomic E-state index is 0.773. The molecule has 1 heterocycles. The van der Waals surface area contributed by atoms with Gasteiger partial charge in [0.2, 0.25) is 0 Å². The van der Waals surface area contributed by atoms with Crippen LogP contribution >= 0.6 is 22.9 Å². The summed E-state index contributed by atoms with van der Waals surface area (Å²) in [6.45, 7) is 2.83. The van der Waals surface area contributed by atoms with E-state index >= 15 is 0 Å². The average Bonchev–Trinajstić information content (AvgIpc) is 2.96. The SMILES string of the molecule is Cc1ccc(NCc2ccc(-c3ccccc3)s2)c(Cl)c1. The van der Waals surface area contributed by atoms with Crippen molar-refractivity contribution < 1.29 is 0 Å². The molecule has 0 spiro atoms. The Morgan fingerprint density at radius 2 is 1.81 bits per heavy atom. The Morgan fingerprint density at radius 1 is 1.00 bits per heavy atom. The Labute approximate surface area is 134 Å². The molecule has 0 saturated carbocycles. The highest BCUT2D eigenvalue weighted by Crippen LogP contribution is 2.29. The van der Waals surface area contributed by atoms with E-state index in [-0.39, 0.29) is 0 Å². The van der Waals surface area contributed by atoms with Gasteiger partial charge in [-0.25, -0.2) is 0 Å². The zero-order valence-corrected chi connectivity index (χ0v) is 13.3. The largest absolute Gasteiger partial charge is 0.379 e. The van der Waals surface area contributed by atoms with E-state index in [9.17, 15) is 0 Å². The normalized spacial score (nSPS) is 10.6. The average molecular weight is 314 g/mol. The molecular formula is C18H16ClNS. The molecule has 106 valence electrons. The maximum Gasteiger partial charge on any atom is 0.0640 e. The van der Waals surface area contributed by atoms with Gasteiger partial charge < -0.3 is 5.32 Å². The lowest BCUT2D eigenvalue weighted by Gasteiger charge is -2.07. The first kappa shape index (κ1) is 14.2. The van der Waals surface area contributed by atoms with Gasteiger partial charge in [-0.1, -0.05) is 48.0 Å². The molecule has 0 bridgehead atoms. The molecule has 0 saturated heterocycles. The first-order chi connectivity index (χ1) is 10.2. The number of halogens is 1. The number of thiophene rings is 1. The number of hydrogen-bond acceptors (Lipinski definition) is 2. The second-order valence-electron chi connectivity index (χ2n) is 4.97. The highest BCUT2D eigenvalue weighted by Gasteiger charge is 2.04. The fraction of sp³-hybridized carbons (Fsp3) is 0.111. The highest BCUT2D eigenvalue weighted by atomic mass is 35.5. The van der Waals surface area contributed by atoms with Gasteiger partial charge in [0.1, 0.15) is 0 Å². The number of nitrogens with one attached hydrogen (secondary N) is 1. The molecule has 2 aromatic carbocycles. The van der Waals surface area contributed by atoms with Crippen LogP contribution in [-0.4, -0.2) is 0 Å². The standard InChI is InChI=1S/C18H16ClNS/c1-13-7-9-17(16(19)11-13)20-12-15-8-10-18(21-15)14-5-3-2-4-6-14/h2-11,20H,12H2,1H3. The van der Waals surface area contributed by atoms with Crippen LogP contribution in [0.15, 0.2) is 60.7 Å². The van der Waals surface area contributed by atoms with Crippen molar-refractivity contribution in [3.63, 3.8) is 0 Å². The van der Waals surface area contributed by atoms with Crippen molar-refractivity contribution in [2.45, 2.75) is 13.5 Å². The molecule has 3 heteroatoms. The molecule has 0 unspecified atom stereocenters. The van der Waals surface area contributed by atoms with E-state index in [4.69, 9.17) is 11.6 Å². The van der Waals surface area contributed by atoms with Crippen LogP contribution in [-0.2, 0) is 6.54 Å². The van der Waals surface area contributed by atoms with Crippen molar-refractivity contribution in [1.82, 2.24) is 0 Å². The molecule has 1 nitrogen and oxygen atoms in total. The van der Waals surface area contributed by atoms with Gasteiger partial charge in [0.05, 0.1) is 10.7 Å². The number of aryl methyl sites for hydroxylation is 1. The molecule has 0 aliphatic heterocycles. The molecule has 0 atom stereocenters. The number of hydrogen-bond donors (Lipinski definition) is 1. The Hall–Kier alpha value is -1.77. The second kappa shape index (κ2) is 6.33. The third-order valence-electron chi connectivity index (χ3n) is 3.30. The first-order valence-corrected chi connectivity index (χ1v) is 8.06. The number of rotatable bonds is 4. The van der Waals surface area contributed by atoms with Crippen molar-refractivity contribution in [2.24, 2.45) is 0 Å². The van der Waals surface area contributed by atoms with E-state index in [0.29, 0.717) is 0 Å². The highest BCUT2D eigenvalue weighted by molar-refractivity contribution is 7.15. The van der Waals surface area contributed by atoms with E-state index in [1.807, 2.05) is 36.5 Å². The summed E-state index contributed by atoms with van der Waals surface area (Å²) in [5.41, 5.74) is 3.42. The van der Waals surface area contributed by atoms with Crippen molar-refractivity contribution in [3.8, 4) is 10.4 Å². The molecule has 0 amide bonds. The van der Waals surface area contributed by atoms with Crippen LogP contribution in [0.2, 0.25) is 5.02 Å². The maximum absolute atomic E-state index is 6.24. The van der Waals surface area contributed by atoms with Crippen LogP contribution in [0.3, 0.4) is 0 Å². The lowest BCUT2D eigenvalue weighted by Crippen LogP contribution is -1.97. The summed E-state index contributed by atoms with van der Waals surface area (Å²) in [4.78, 5) is 2.59. The third kappa shape index (κ3) is 3.46. The van der Waals surface area contributed by atoms with Gasteiger partial charge in [0, 0.05) is 16.3 Å². The van der Waals surface area contributed by atoms with Crippen molar-refractivity contribution in [2.75, 3.05) is 5.32 Å². The van der Waals surface area contributed by atoms with Gasteiger partial charge in [-0.2, -0.15) is 0 Å². The van der Waals surface area contributed by atoms with Crippen LogP contribution in [0.5, 0.6) is 0 Å². The van der Waals surface area contributed by atoms with Gasteiger partial charge in [0.25, 0.3) is 0 Å². The van der Waals surface area contributed by atoms with Crippen LogP contribution in [0.25, 0.3) is 10.4 Å². The van der Waals surface area contributed by atoms with Crippen molar-refractivity contribution in [3.05, 3.63) is 76.1 Å². The monoisotopic (exact) mass is 313 g/mol. The molecule has 3 rings (SSSR count). The quantitative estimate of drug-likeness (QED) is 0.624. The predicted molar refractivity (Wildman–Crippen MR) is 93.3 cm³/mol. The zero-order valence-electron chi connectivity index (χ0n) is 11.8. The lowest BCUT2D eigenvalue weighted by atomic mass is 10.2. The molecule has 1 N–H and O–H groups in total. The summed E-state index contributed by atoms with van der Waals surface area (Å²) in [5.74, 6) is 0. The van der Waals surface area contributed by atoms with Crippen LogP contribution in [0, 0.1) is 6.92 Å². The molecule has 0 fully saturated rings. The fourth-order valence-corrected chi connectivity index (χ4v) is 3.43. The summed E-state index contributed by atoms with van der Waals surface area (Å²) in [5, 5.41) is 4.17. The predicted octanol–water partition coefficient (Wildman–Crippen LogP) is 5.99. The van der Waals surface area contributed by atoms with Gasteiger partial charge in [0.15, 0.2) is 0 Å². The van der Waals surface area contributed by atoms with E-state index in [1.165, 1.54) is 20.9 Å². The summed E-state index contributed by atoms with van der Waals surface area (Å²) in [7, 11) is 0. The summed E-state index contributed by atoms with van der Waals surface area (Å²) >= 11 is 8.05. The molecule has 3 aromatic rings. The molecule has 0 aliphatic rings. The second-order valence-corrected chi connectivity index (χ2v) is 6.54. The molecule has 0 radical (unpaired) electrons. The van der Waals surface area contributed by atoms with Gasteiger partial charge in [-0.3, -0.25) is 0 Å². The topological polar surface area (TPSA) is 12.0 Å². The molecule has 21 heavy (non-hydrogen) atoms. The third-order valence-corrected chi connectivity index (χ3v) is 4.74. The Balaban J connectivity index is 1.70. The fourth-order valence-electron chi connectivity index (χ4n) is 2.18. The maximum atomic E-state index is 6.24. The number of anilines is 1. The Kier molecular flexibility index (Phi) is 4.28. The Morgan fingerprint density at radius 3 is 2.57 bits per heavy atom. The summed E-state index contributed by atoms with van der Waals surface area (Å²) in [6.07, 6.45) is 0. The van der Waals surface area contributed by atoms with Crippen molar-refractivity contribution >= 4 is 28.6 Å². The molecule has 1 aromatic heterocycles. The minimum absolute atomic E-state index is 0.773. The van der Waals surface area contributed by atoms with E-state index in [0.717, 1.165) is 17.3 Å². The van der Waals surface area contributed by atoms with Crippen molar-refractivity contribution in [1.29, 1.82) is 0 Å². The van der Waals surface area contributed by atoms with Gasteiger partial charge >= 0.3 is 0 Å². The van der Waals surface area contributed by atoms with Crippen LogP contribution in [0.1, 0.15) is 10.4 Å². The minimum Gasteiger partial charge on any atom is -0.379 e. The Bertz CT molecular complexity index is 734. The van der Waals surface area contributed by atoms with Gasteiger partial charge in [-0.15, -0.1) is 11.3 Å². The van der Waals surface area contributed by atoms with E-state index in [1.54, 1.807) is 0 Å². The van der Waals surface area contributed by atoms with E-state index < -0.39 is 0 Å². The number of benzene rings is 2. The summed E-state index contributed by atoms with van der Waals surface area (Å²) in [6, 6.07) is 20.9. The van der Waals surface area contributed by atoms with Gasteiger partial charge in [-0.05, 0) is 42.3 Å². The zero-order chi connectivity index (χ0) is 14.7. The summed E-state index contributed by atoms with van der Waals surface area (Å²) < 4.78 is 0. The van der Waals surface area contributed by atoms with Crippen LogP contribution in [0.4, 0.5) is 5.69 Å². The first-order valence-electron chi connectivity index (χ1n) is 6.86. The smallest absolute Gasteiger partial charge is 0.0640 e. The lowest BCUT2D eigenvalue weighted by molar-refractivity contribution is 1.19. The molecular weight excluding hydrogens is 298 g/mol. The van der Waals surface area contributed by atoms with Crippen LogP contribution < -0.4 is 5.32 Å².